The van der Waals surface area contributed by atoms with Crippen molar-refractivity contribution in [2.75, 3.05) is 0 Å². The summed E-state index contributed by atoms with van der Waals surface area (Å²) in [6.07, 6.45) is 2.98. The van der Waals surface area contributed by atoms with Gasteiger partial charge in [0.25, 0.3) is 0 Å². The highest BCUT2D eigenvalue weighted by atomic mass is 79.9. The van der Waals surface area contributed by atoms with Gasteiger partial charge < -0.3 is 0 Å². The van der Waals surface area contributed by atoms with E-state index >= 15 is 0 Å². The molecular weight excluding hydrogens is 156 g/mol. The van der Waals surface area contributed by atoms with E-state index in [1.165, 1.54) is 0 Å². The fraction of sp³-hybridized carbons (Fsp3) is 0.600. The minimum atomic E-state index is -0.366. The number of halogens is 1. The lowest BCUT2D eigenvalue weighted by Gasteiger charge is -1.90. The van der Waals surface area contributed by atoms with E-state index in [1.54, 1.807) is 0 Å². The van der Waals surface area contributed by atoms with E-state index in [2.05, 4.69) is 15.9 Å². The highest BCUT2D eigenvalue weighted by molar-refractivity contribution is 9.11. The predicted molar refractivity (Wildman–Crippen MR) is 30.7 cm³/mol. The summed E-state index contributed by atoms with van der Waals surface area (Å²) in [5.74, 6) is 0. The van der Waals surface area contributed by atoms with Gasteiger partial charge in [-0.15, -0.1) is 0 Å². The van der Waals surface area contributed by atoms with Gasteiger partial charge in [-0.1, -0.05) is 22.0 Å². The van der Waals surface area contributed by atoms with Crippen LogP contribution in [-0.4, -0.2) is 6.10 Å². The Morgan fingerprint density at radius 2 is 2.57 bits per heavy atom. The molecule has 0 amide bonds. The molecule has 1 aliphatic carbocycles. The van der Waals surface area contributed by atoms with Crippen molar-refractivity contribution in [3.05, 3.63) is 10.6 Å². The van der Waals surface area contributed by atoms with Crippen LogP contribution in [0.1, 0.15) is 12.8 Å². The van der Waals surface area contributed by atoms with Crippen molar-refractivity contribution in [2.45, 2.75) is 18.9 Å². The molecule has 0 aromatic rings. The third-order valence-electron chi connectivity index (χ3n) is 1.02. The molecule has 0 aromatic heterocycles. The maximum absolute atomic E-state index is 10.5. The standard InChI is InChI=1S/C5H6BrO/c6-4-1-2-5(7)3-4/h1,5H,2-3H2. The lowest BCUT2D eigenvalue weighted by molar-refractivity contribution is 0.100. The Bertz CT molecular complexity index is 98.3. The van der Waals surface area contributed by atoms with Gasteiger partial charge in [0.05, 0.1) is 0 Å². The molecule has 0 N–H and O–H groups in total. The lowest BCUT2D eigenvalue weighted by Crippen LogP contribution is -1.94. The van der Waals surface area contributed by atoms with E-state index in [4.69, 9.17) is 0 Å². The van der Waals surface area contributed by atoms with Gasteiger partial charge >= 0.3 is 0 Å². The maximum atomic E-state index is 10.5. The van der Waals surface area contributed by atoms with Gasteiger partial charge in [-0.2, -0.15) is 0 Å². The van der Waals surface area contributed by atoms with E-state index in [0.717, 1.165) is 4.48 Å². The average molecular weight is 162 g/mol. The Hall–Kier alpha value is 0.180. The first-order chi connectivity index (χ1) is 3.29. The molecule has 7 heavy (non-hydrogen) atoms. The van der Waals surface area contributed by atoms with Gasteiger partial charge in [0.1, 0.15) is 6.10 Å². The fourth-order valence-corrected chi connectivity index (χ4v) is 1.19. The van der Waals surface area contributed by atoms with Crippen LogP contribution in [0.5, 0.6) is 0 Å². The quantitative estimate of drug-likeness (QED) is 0.518. The topological polar surface area (TPSA) is 19.9 Å². The molecule has 1 unspecified atom stereocenters. The summed E-state index contributed by atoms with van der Waals surface area (Å²) in [4.78, 5) is 0. The van der Waals surface area contributed by atoms with Crippen LogP contribution in [0.2, 0.25) is 0 Å². The van der Waals surface area contributed by atoms with E-state index in [0.29, 0.717) is 12.8 Å². The van der Waals surface area contributed by atoms with Crippen molar-refractivity contribution >= 4 is 15.9 Å². The van der Waals surface area contributed by atoms with Crippen LogP contribution >= 0.6 is 15.9 Å². The molecule has 1 aliphatic rings. The predicted octanol–water partition coefficient (Wildman–Crippen LogP) is 1.86. The van der Waals surface area contributed by atoms with Gasteiger partial charge in [-0.3, -0.25) is 0 Å². The molecule has 0 bridgehead atoms. The minimum Gasteiger partial charge on any atom is -0.232 e. The minimum absolute atomic E-state index is 0.366. The van der Waals surface area contributed by atoms with Crippen molar-refractivity contribution in [1.29, 1.82) is 0 Å². The summed E-state index contributed by atoms with van der Waals surface area (Å²) in [7, 11) is 0. The molecule has 0 aliphatic heterocycles. The first-order valence-corrected chi connectivity index (χ1v) is 3.08. The first kappa shape index (κ1) is 5.32. The summed E-state index contributed by atoms with van der Waals surface area (Å²) in [5.41, 5.74) is 0. The Morgan fingerprint density at radius 3 is 2.71 bits per heavy atom. The van der Waals surface area contributed by atoms with Crippen LogP contribution in [0.4, 0.5) is 0 Å². The van der Waals surface area contributed by atoms with Gasteiger partial charge in [-0.25, -0.2) is 5.11 Å². The molecule has 1 nitrogen and oxygen atoms in total. The van der Waals surface area contributed by atoms with Crippen LogP contribution in [0, 0.1) is 0 Å². The van der Waals surface area contributed by atoms with E-state index < -0.39 is 0 Å². The number of rotatable bonds is 0. The maximum Gasteiger partial charge on any atom is 0.101 e. The lowest BCUT2D eigenvalue weighted by atomic mass is 10.3. The molecular formula is C5H6BrO. The van der Waals surface area contributed by atoms with Crippen molar-refractivity contribution in [3.8, 4) is 0 Å². The smallest absolute Gasteiger partial charge is 0.101 e. The molecule has 0 heterocycles. The summed E-state index contributed by atoms with van der Waals surface area (Å²) in [6, 6.07) is 0. The zero-order valence-electron chi connectivity index (χ0n) is 3.86. The Kier molecular flexibility index (Phi) is 1.50. The van der Waals surface area contributed by atoms with Crippen molar-refractivity contribution in [2.24, 2.45) is 0 Å². The molecule has 0 saturated carbocycles. The second-order valence-corrected chi connectivity index (χ2v) is 2.73. The Balaban J connectivity index is 2.42. The molecule has 0 saturated heterocycles. The second kappa shape index (κ2) is 1.97. The number of hydrogen-bond donors (Lipinski definition) is 0. The van der Waals surface area contributed by atoms with Crippen LogP contribution in [0.25, 0.3) is 0 Å². The Morgan fingerprint density at radius 1 is 1.86 bits per heavy atom. The SMILES string of the molecule is [O]C1CC=C(Br)C1. The highest BCUT2D eigenvalue weighted by Crippen LogP contribution is 2.23. The van der Waals surface area contributed by atoms with Gasteiger partial charge in [0.15, 0.2) is 0 Å². The van der Waals surface area contributed by atoms with Gasteiger partial charge in [0, 0.05) is 6.42 Å². The zero-order chi connectivity index (χ0) is 5.28. The van der Waals surface area contributed by atoms with Gasteiger partial charge in [-0.05, 0) is 10.9 Å². The third kappa shape index (κ3) is 1.28. The zero-order valence-corrected chi connectivity index (χ0v) is 5.44. The molecule has 1 rings (SSSR count). The van der Waals surface area contributed by atoms with E-state index in [-0.39, 0.29) is 6.10 Å². The fourth-order valence-electron chi connectivity index (χ4n) is 0.643. The average Bonchev–Trinajstić information content (AvgIpc) is 1.87. The molecule has 1 radical (unpaired) electrons. The molecule has 1 atom stereocenters. The van der Waals surface area contributed by atoms with Crippen LogP contribution in [0.3, 0.4) is 0 Å². The highest BCUT2D eigenvalue weighted by Gasteiger charge is 2.12. The van der Waals surface area contributed by atoms with E-state index in [1.807, 2.05) is 6.08 Å². The summed E-state index contributed by atoms with van der Waals surface area (Å²) >= 11 is 3.24. The van der Waals surface area contributed by atoms with Crippen molar-refractivity contribution in [3.63, 3.8) is 0 Å². The van der Waals surface area contributed by atoms with Crippen molar-refractivity contribution in [1.82, 2.24) is 0 Å². The first-order valence-electron chi connectivity index (χ1n) is 2.29. The van der Waals surface area contributed by atoms with E-state index in [9.17, 15) is 5.11 Å². The van der Waals surface area contributed by atoms with Crippen LogP contribution in [0.15, 0.2) is 10.6 Å². The second-order valence-electron chi connectivity index (χ2n) is 1.71. The Labute approximate surface area is 51.2 Å². The van der Waals surface area contributed by atoms with Gasteiger partial charge in [0.2, 0.25) is 0 Å². The largest absolute Gasteiger partial charge is 0.232 e. The summed E-state index contributed by atoms with van der Waals surface area (Å²) < 4.78 is 1.08. The molecule has 0 spiro atoms. The molecule has 39 valence electrons. The number of hydrogen-bond acceptors (Lipinski definition) is 0. The normalized spacial score (nSPS) is 30.6. The molecule has 0 fully saturated rings. The van der Waals surface area contributed by atoms with Crippen molar-refractivity contribution < 1.29 is 5.11 Å². The van der Waals surface area contributed by atoms with Crippen LogP contribution < -0.4 is 0 Å². The molecule has 2 heteroatoms. The molecule has 0 aromatic carbocycles. The summed E-state index contributed by atoms with van der Waals surface area (Å²) in [5, 5.41) is 10.5. The summed E-state index contributed by atoms with van der Waals surface area (Å²) in [6.45, 7) is 0. The third-order valence-corrected chi connectivity index (χ3v) is 1.67. The van der Waals surface area contributed by atoms with Crippen LogP contribution in [-0.2, 0) is 5.11 Å². The monoisotopic (exact) mass is 161 g/mol.